The standard InChI is InChI=1S/C12H16ClFO2/c1-16-8-3-2-7-11(15)9-5-4-6-10(13)12(9)14/h4-6,11,15H,2-3,7-8H2,1H3. The first-order chi connectivity index (χ1) is 7.66. The molecule has 0 aliphatic carbocycles. The van der Waals surface area contributed by atoms with Crippen LogP contribution in [0.4, 0.5) is 4.39 Å². The topological polar surface area (TPSA) is 29.5 Å². The molecule has 0 amide bonds. The van der Waals surface area contributed by atoms with Crippen LogP contribution < -0.4 is 0 Å². The number of hydrogen-bond acceptors (Lipinski definition) is 2. The van der Waals surface area contributed by atoms with Crippen LogP contribution in [0.1, 0.15) is 30.9 Å². The average molecular weight is 247 g/mol. The maximum atomic E-state index is 13.5. The van der Waals surface area contributed by atoms with Crippen LogP contribution in [-0.4, -0.2) is 18.8 Å². The van der Waals surface area contributed by atoms with Crippen molar-refractivity contribution in [2.75, 3.05) is 13.7 Å². The zero-order chi connectivity index (χ0) is 12.0. The number of benzene rings is 1. The van der Waals surface area contributed by atoms with Gasteiger partial charge in [0.2, 0.25) is 0 Å². The summed E-state index contributed by atoms with van der Waals surface area (Å²) in [6.07, 6.45) is 1.37. The van der Waals surface area contributed by atoms with Crippen LogP contribution in [0.25, 0.3) is 0 Å². The SMILES string of the molecule is COCCCCC(O)c1cccc(Cl)c1F. The van der Waals surface area contributed by atoms with E-state index in [2.05, 4.69) is 0 Å². The normalized spacial score (nSPS) is 12.8. The molecule has 0 aliphatic rings. The lowest BCUT2D eigenvalue weighted by atomic mass is 10.0. The Morgan fingerprint density at radius 3 is 2.88 bits per heavy atom. The molecule has 0 spiro atoms. The number of hydrogen-bond donors (Lipinski definition) is 1. The molecule has 0 bridgehead atoms. The van der Waals surface area contributed by atoms with Crippen molar-refractivity contribution in [1.82, 2.24) is 0 Å². The molecule has 1 rings (SSSR count). The molecule has 1 unspecified atom stereocenters. The van der Waals surface area contributed by atoms with Gasteiger partial charge in [0.15, 0.2) is 0 Å². The van der Waals surface area contributed by atoms with Gasteiger partial charge in [0.1, 0.15) is 5.82 Å². The minimum absolute atomic E-state index is 0.0495. The maximum Gasteiger partial charge on any atom is 0.147 e. The van der Waals surface area contributed by atoms with Crippen LogP contribution in [0.15, 0.2) is 18.2 Å². The van der Waals surface area contributed by atoms with Gasteiger partial charge in [-0.15, -0.1) is 0 Å². The monoisotopic (exact) mass is 246 g/mol. The van der Waals surface area contributed by atoms with E-state index in [0.29, 0.717) is 13.0 Å². The van der Waals surface area contributed by atoms with Crippen LogP contribution in [0.5, 0.6) is 0 Å². The Morgan fingerprint density at radius 2 is 2.19 bits per heavy atom. The predicted octanol–water partition coefficient (Wildman–Crippen LogP) is 3.33. The van der Waals surface area contributed by atoms with Gasteiger partial charge in [0.05, 0.1) is 11.1 Å². The first-order valence-corrected chi connectivity index (χ1v) is 5.65. The van der Waals surface area contributed by atoms with E-state index in [9.17, 15) is 9.50 Å². The van der Waals surface area contributed by atoms with Crippen LogP contribution in [-0.2, 0) is 4.74 Å². The van der Waals surface area contributed by atoms with Crippen LogP contribution in [0.2, 0.25) is 5.02 Å². The fraction of sp³-hybridized carbons (Fsp3) is 0.500. The summed E-state index contributed by atoms with van der Waals surface area (Å²) in [5.41, 5.74) is 0.268. The summed E-state index contributed by atoms with van der Waals surface area (Å²) in [5, 5.41) is 9.84. The zero-order valence-electron chi connectivity index (χ0n) is 9.25. The highest BCUT2D eigenvalue weighted by Gasteiger charge is 2.14. The van der Waals surface area contributed by atoms with Crippen molar-refractivity contribution in [3.8, 4) is 0 Å². The fourth-order valence-corrected chi connectivity index (χ4v) is 1.70. The Bertz CT molecular complexity index is 331. The third-order valence-corrected chi connectivity index (χ3v) is 2.71. The Morgan fingerprint density at radius 1 is 1.44 bits per heavy atom. The fourth-order valence-electron chi connectivity index (χ4n) is 1.52. The molecule has 4 heteroatoms. The molecule has 1 aromatic rings. The highest BCUT2D eigenvalue weighted by atomic mass is 35.5. The summed E-state index contributed by atoms with van der Waals surface area (Å²) in [5.74, 6) is -0.525. The van der Waals surface area contributed by atoms with Crippen molar-refractivity contribution in [2.45, 2.75) is 25.4 Å². The summed E-state index contributed by atoms with van der Waals surface area (Å²) in [7, 11) is 1.63. The molecule has 0 saturated carbocycles. The molecular weight excluding hydrogens is 231 g/mol. The molecule has 0 radical (unpaired) electrons. The van der Waals surface area contributed by atoms with Crippen molar-refractivity contribution < 1.29 is 14.2 Å². The highest BCUT2D eigenvalue weighted by molar-refractivity contribution is 6.30. The number of ether oxygens (including phenoxy) is 1. The third-order valence-electron chi connectivity index (χ3n) is 2.42. The molecule has 1 aromatic carbocycles. The lowest BCUT2D eigenvalue weighted by Gasteiger charge is -2.12. The molecule has 16 heavy (non-hydrogen) atoms. The lowest BCUT2D eigenvalue weighted by Crippen LogP contribution is -2.02. The molecule has 90 valence electrons. The van der Waals surface area contributed by atoms with Gasteiger partial charge < -0.3 is 9.84 Å². The number of aliphatic hydroxyl groups excluding tert-OH is 1. The second-order valence-electron chi connectivity index (χ2n) is 3.65. The van der Waals surface area contributed by atoms with Crippen LogP contribution in [0.3, 0.4) is 0 Å². The summed E-state index contributed by atoms with van der Waals surface area (Å²) in [6, 6.07) is 4.67. The zero-order valence-corrected chi connectivity index (χ0v) is 10.0. The number of methoxy groups -OCH3 is 1. The van der Waals surface area contributed by atoms with E-state index in [4.69, 9.17) is 16.3 Å². The Labute approximate surface area is 100.0 Å². The maximum absolute atomic E-state index is 13.5. The Kier molecular flexibility index (Phi) is 5.74. The first-order valence-electron chi connectivity index (χ1n) is 5.27. The van der Waals surface area contributed by atoms with Gasteiger partial charge in [0, 0.05) is 19.3 Å². The smallest absolute Gasteiger partial charge is 0.147 e. The minimum atomic E-state index is -0.796. The van der Waals surface area contributed by atoms with E-state index in [0.717, 1.165) is 12.8 Å². The van der Waals surface area contributed by atoms with E-state index in [1.807, 2.05) is 0 Å². The Hall–Kier alpha value is -0.640. The second kappa shape index (κ2) is 6.84. The first kappa shape index (κ1) is 13.4. The van der Waals surface area contributed by atoms with Gasteiger partial charge in [-0.25, -0.2) is 4.39 Å². The van der Waals surface area contributed by atoms with Crippen molar-refractivity contribution in [3.63, 3.8) is 0 Å². The van der Waals surface area contributed by atoms with Gasteiger partial charge in [-0.2, -0.15) is 0 Å². The van der Waals surface area contributed by atoms with E-state index >= 15 is 0 Å². The minimum Gasteiger partial charge on any atom is -0.388 e. The van der Waals surface area contributed by atoms with Gasteiger partial charge in [0.25, 0.3) is 0 Å². The summed E-state index contributed by atoms with van der Waals surface area (Å²) in [6.45, 7) is 0.657. The van der Waals surface area contributed by atoms with Crippen LogP contribution >= 0.6 is 11.6 Å². The molecule has 0 aliphatic heterocycles. The van der Waals surface area contributed by atoms with Crippen molar-refractivity contribution in [3.05, 3.63) is 34.6 Å². The van der Waals surface area contributed by atoms with Crippen molar-refractivity contribution >= 4 is 11.6 Å². The largest absolute Gasteiger partial charge is 0.388 e. The van der Waals surface area contributed by atoms with Gasteiger partial charge >= 0.3 is 0 Å². The lowest BCUT2D eigenvalue weighted by molar-refractivity contribution is 0.147. The van der Waals surface area contributed by atoms with E-state index in [-0.39, 0.29) is 10.6 Å². The van der Waals surface area contributed by atoms with Crippen molar-refractivity contribution in [1.29, 1.82) is 0 Å². The molecule has 0 heterocycles. The summed E-state index contributed by atoms with van der Waals surface area (Å²) < 4.78 is 18.4. The summed E-state index contributed by atoms with van der Waals surface area (Å²) >= 11 is 5.64. The Balaban J connectivity index is 2.52. The molecule has 0 saturated heterocycles. The summed E-state index contributed by atoms with van der Waals surface area (Å²) in [4.78, 5) is 0. The molecule has 1 atom stereocenters. The third kappa shape index (κ3) is 3.74. The highest BCUT2D eigenvalue weighted by Crippen LogP contribution is 2.26. The van der Waals surface area contributed by atoms with E-state index in [1.165, 1.54) is 6.07 Å². The molecule has 1 N–H and O–H groups in total. The predicted molar refractivity (Wildman–Crippen MR) is 62.1 cm³/mol. The number of halogens is 2. The molecule has 2 nitrogen and oxygen atoms in total. The van der Waals surface area contributed by atoms with E-state index < -0.39 is 11.9 Å². The van der Waals surface area contributed by atoms with Gasteiger partial charge in [-0.1, -0.05) is 23.7 Å². The quantitative estimate of drug-likeness (QED) is 0.781. The average Bonchev–Trinajstić information content (AvgIpc) is 2.28. The van der Waals surface area contributed by atoms with E-state index in [1.54, 1.807) is 19.2 Å². The molecule has 0 aromatic heterocycles. The van der Waals surface area contributed by atoms with Crippen molar-refractivity contribution in [2.24, 2.45) is 0 Å². The number of rotatable bonds is 6. The molecular formula is C12H16ClFO2. The number of unbranched alkanes of at least 4 members (excludes halogenated alkanes) is 1. The van der Waals surface area contributed by atoms with Gasteiger partial charge in [-0.05, 0) is 25.3 Å². The second-order valence-corrected chi connectivity index (χ2v) is 4.05. The number of aliphatic hydroxyl groups is 1. The van der Waals surface area contributed by atoms with Gasteiger partial charge in [-0.3, -0.25) is 0 Å². The molecule has 0 fully saturated rings. The van der Waals surface area contributed by atoms with Crippen LogP contribution in [0, 0.1) is 5.82 Å².